The summed E-state index contributed by atoms with van der Waals surface area (Å²) in [7, 11) is 1.54. The number of aliphatic hydroxyl groups excluding tert-OH is 1. The molecule has 0 unspecified atom stereocenters. The molecular formula is C18H22N2O4. The van der Waals surface area contributed by atoms with Gasteiger partial charge in [-0.2, -0.15) is 0 Å². The van der Waals surface area contributed by atoms with Crippen LogP contribution >= 0.6 is 0 Å². The number of amides is 2. The second kappa shape index (κ2) is 8.79. The molecule has 0 aromatic heterocycles. The van der Waals surface area contributed by atoms with E-state index in [0.717, 1.165) is 16.8 Å². The lowest BCUT2D eigenvalue weighted by Gasteiger charge is -2.12. The van der Waals surface area contributed by atoms with Gasteiger partial charge in [0.05, 0.1) is 13.7 Å². The zero-order valence-corrected chi connectivity index (χ0v) is 13.8. The Hall–Kier alpha value is -2.73. The van der Waals surface area contributed by atoms with E-state index in [0.29, 0.717) is 18.0 Å². The molecule has 0 aliphatic rings. The van der Waals surface area contributed by atoms with E-state index < -0.39 is 0 Å². The fourth-order valence-corrected chi connectivity index (χ4v) is 2.09. The maximum absolute atomic E-state index is 11.9. The Labute approximate surface area is 141 Å². The fraction of sp³-hybridized carbons (Fsp3) is 0.278. The Kier molecular flexibility index (Phi) is 6.45. The third-order valence-electron chi connectivity index (χ3n) is 3.34. The van der Waals surface area contributed by atoms with E-state index in [2.05, 4.69) is 10.6 Å². The summed E-state index contributed by atoms with van der Waals surface area (Å²) in [5.74, 6) is 1.11. The van der Waals surface area contributed by atoms with E-state index in [1.54, 1.807) is 19.2 Å². The molecule has 0 fully saturated rings. The van der Waals surface area contributed by atoms with Crippen molar-refractivity contribution in [1.29, 1.82) is 0 Å². The number of rotatable bonds is 7. The zero-order chi connectivity index (χ0) is 17.4. The topological polar surface area (TPSA) is 79.8 Å². The Balaban J connectivity index is 1.91. The third-order valence-corrected chi connectivity index (χ3v) is 3.34. The van der Waals surface area contributed by atoms with Gasteiger partial charge in [-0.05, 0) is 36.8 Å². The van der Waals surface area contributed by atoms with Gasteiger partial charge in [-0.1, -0.05) is 23.8 Å². The van der Waals surface area contributed by atoms with Crippen LogP contribution in [0.15, 0.2) is 42.5 Å². The van der Waals surface area contributed by atoms with Gasteiger partial charge in [-0.3, -0.25) is 0 Å². The number of hydrogen-bond donors (Lipinski definition) is 3. The first-order chi connectivity index (χ1) is 11.6. The van der Waals surface area contributed by atoms with E-state index in [1.807, 2.05) is 37.3 Å². The first kappa shape index (κ1) is 17.6. The predicted octanol–water partition coefficient (Wildman–Crippen LogP) is 2.70. The second-order valence-electron chi connectivity index (χ2n) is 5.23. The average molecular weight is 330 g/mol. The summed E-state index contributed by atoms with van der Waals surface area (Å²) in [5, 5.41) is 14.4. The number of methoxy groups -OCH3 is 1. The fourth-order valence-electron chi connectivity index (χ4n) is 2.09. The van der Waals surface area contributed by atoms with Crippen molar-refractivity contribution in [2.75, 3.05) is 25.6 Å². The summed E-state index contributed by atoms with van der Waals surface area (Å²) < 4.78 is 10.6. The number of nitrogens with one attached hydrogen (secondary N) is 2. The van der Waals surface area contributed by atoms with Crippen LogP contribution in [0.4, 0.5) is 10.5 Å². The van der Waals surface area contributed by atoms with Gasteiger partial charge in [0.15, 0.2) is 11.5 Å². The van der Waals surface area contributed by atoms with E-state index in [4.69, 9.17) is 14.6 Å². The van der Waals surface area contributed by atoms with Crippen LogP contribution in [0.5, 0.6) is 11.5 Å². The van der Waals surface area contributed by atoms with E-state index in [1.165, 1.54) is 0 Å². The van der Waals surface area contributed by atoms with Crippen molar-refractivity contribution < 1.29 is 19.4 Å². The minimum atomic E-state index is -0.279. The number of aliphatic hydroxyl groups is 1. The first-order valence-corrected chi connectivity index (χ1v) is 7.64. The Morgan fingerprint density at radius 2 is 1.88 bits per heavy atom. The molecule has 128 valence electrons. The van der Waals surface area contributed by atoms with E-state index in [9.17, 15) is 4.79 Å². The van der Waals surface area contributed by atoms with Crippen molar-refractivity contribution in [3.63, 3.8) is 0 Å². The molecule has 2 amide bonds. The lowest BCUT2D eigenvalue weighted by molar-refractivity contribution is 0.196. The van der Waals surface area contributed by atoms with E-state index >= 15 is 0 Å². The smallest absolute Gasteiger partial charge is 0.319 e. The highest BCUT2D eigenvalue weighted by atomic mass is 16.5. The molecule has 0 aliphatic carbocycles. The quantitative estimate of drug-likeness (QED) is 0.729. The van der Waals surface area contributed by atoms with Crippen molar-refractivity contribution in [3.8, 4) is 11.5 Å². The summed E-state index contributed by atoms with van der Waals surface area (Å²) in [6, 6.07) is 12.7. The minimum Gasteiger partial charge on any atom is -0.493 e. The van der Waals surface area contributed by atoms with Gasteiger partial charge in [0.25, 0.3) is 0 Å². The molecule has 6 heteroatoms. The number of ether oxygens (including phenoxy) is 2. The van der Waals surface area contributed by atoms with Crippen LogP contribution in [0.2, 0.25) is 0 Å². The number of aryl methyl sites for hydroxylation is 1. The highest BCUT2D eigenvalue weighted by Crippen LogP contribution is 2.27. The zero-order valence-electron chi connectivity index (χ0n) is 13.8. The van der Waals surface area contributed by atoms with Crippen LogP contribution in [0, 0.1) is 6.92 Å². The van der Waals surface area contributed by atoms with Gasteiger partial charge in [0.1, 0.15) is 6.61 Å². The molecule has 6 nitrogen and oxygen atoms in total. The largest absolute Gasteiger partial charge is 0.493 e. The molecule has 3 N–H and O–H groups in total. The Morgan fingerprint density at radius 3 is 2.54 bits per heavy atom. The molecule has 24 heavy (non-hydrogen) atoms. The lowest BCUT2D eigenvalue weighted by Crippen LogP contribution is -2.28. The highest BCUT2D eigenvalue weighted by Gasteiger charge is 2.07. The summed E-state index contributed by atoms with van der Waals surface area (Å²) in [4.78, 5) is 11.9. The van der Waals surface area contributed by atoms with Gasteiger partial charge in [0.2, 0.25) is 0 Å². The van der Waals surface area contributed by atoms with Crippen molar-refractivity contribution in [2.45, 2.75) is 13.5 Å². The average Bonchev–Trinajstić information content (AvgIpc) is 2.60. The SMILES string of the molecule is COc1cc(CNC(=O)Nc2ccc(C)cc2)ccc1OCCO. The van der Waals surface area contributed by atoms with Gasteiger partial charge < -0.3 is 25.2 Å². The van der Waals surface area contributed by atoms with Crippen LogP contribution in [0.3, 0.4) is 0 Å². The van der Waals surface area contributed by atoms with Crippen LogP contribution in [0.25, 0.3) is 0 Å². The molecule has 2 aromatic rings. The maximum atomic E-state index is 11.9. The number of carbonyl (C=O) groups is 1. The molecule has 2 aromatic carbocycles. The summed E-state index contributed by atoms with van der Waals surface area (Å²) in [5.41, 5.74) is 2.75. The second-order valence-corrected chi connectivity index (χ2v) is 5.23. The van der Waals surface area contributed by atoms with Crippen molar-refractivity contribution in [2.24, 2.45) is 0 Å². The van der Waals surface area contributed by atoms with Gasteiger partial charge in [0, 0.05) is 12.2 Å². The summed E-state index contributed by atoms with van der Waals surface area (Å²) in [6.07, 6.45) is 0. The summed E-state index contributed by atoms with van der Waals surface area (Å²) >= 11 is 0. The van der Waals surface area contributed by atoms with Crippen LogP contribution in [-0.2, 0) is 6.54 Å². The van der Waals surface area contributed by atoms with Crippen molar-refractivity contribution in [3.05, 3.63) is 53.6 Å². The predicted molar refractivity (Wildman–Crippen MR) is 92.6 cm³/mol. The number of urea groups is 1. The molecule has 0 aliphatic heterocycles. The Morgan fingerprint density at radius 1 is 1.12 bits per heavy atom. The van der Waals surface area contributed by atoms with Gasteiger partial charge in [-0.15, -0.1) is 0 Å². The number of carbonyl (C=O) groups excluding carboxylic acids is 1. The number of anilines is 1. The molecule has 0 radical (unpaired) electrons. The molecule has 0 saturated heterocycles. The molecule has 0 heterocycles. The van der Waals surface area contributed by atoms with Crippen LogP contribution in [-0.4, -0.2) is 31.5 Å². The van der Waals surface area contributed by atoms with E-state index in [-0.39, 0.29) is 19.2 Å². The molecule has 0 bridgehead atoms. The molecule has 0 atom stereocenters. The highest BCUT2D eigenvalue weighted by molar-refractivity contribution is 5.89. The lowest BCUT2D eigenvalue weighted by atomic mass is 10.2. The Bertz CT molecular complexity index is 671. The van der Waals surface area contributed by atoms with Crippen LogP contribution in [0.1, 0.15) is 11.1 Å². The van der Waals surface area contributed by atoms with Crippen molar-refractivity contribution in [1.82, 2.24) is 5.32 Å². The standard InChI is InChI=1S/C18H22N2O4/c1-13-3-6-15(7-4-13)20-18(22)19-12-14-5-8-16(24-10-9-21)17(11-14)23-2/h3-8,11,21H,9-10,12H2,1-2H3,(H2,19,20,22). The maximum Gasteiger partial charge on any atom is 0.319 e. The first-order valence-electron chi connectivity index (χ1n) is 7.64. The minimum absolute atomic E-state index is 0.0638. The number of hydrogen-bond acceptors (Lipinski definition) is 4. The molecule has 0 spiro atoms. The molecule has 0 saturated carbocycles. The molecule has 2 rings (SSSR count). The third kappa shape index (κ3) is 5.17. The van der Waals surface area contributed by atoms with Crippen molar-refractivity contribution >= 4 is 11.7 Å². The monoisotopic (exact) mass is 330 g/mol. The van der Waals surface area contributed by atoms with Gasteiger partial charge >= 0.3 is 6.03 Å². The summed E-state index contributed by atoms with van der Waals surface area (Å²) in [6.45, 7) is 2.48. The molecular weight excluding hydrogens is 308 g/mol. The van der Waals surface area contributed by atoms with Gasteiger partial charge in [-0.25, -0.2) is 4.79 Å². The normalized spacial score (nSPS) is 10.1. The number of benzene rings is 2. The van der Waals surface area contributed by atoms with Crippen LogP contribution < -0.4 is 20.1 Å².